The van der Waals surface area contributed by atoms with Crippen molar-refractivity contribution in [2.24, 2.45) is 0 Å². The number of carbonyl (C=O) groups excluding carboxylic acids is 1. The lowest BCUT2D eigenvalue weighted by Crippen LogP contribution is -2.36. The zero-order chi connectivity index (χ0) is 18.9. The molecule has 6 nitrogen and oxygen atoms in total. The van der Waals surface area contributed by atoms with Crippen LogP contribution in [-0.4, -0.2) is 32.5 Å². The highest BCUT2D eigenvalue weighted by atomic mass is 32.2. The Balaban J connectivity index is 1.93. The third kappa shape index (κ3) is 3.32. The molecular weight excluding hydrogens is 352 g/mol. The van der Waals surface area contributed by atoms with Crippen LogP contribution in [0.2, 0.25) is 0 Å². The van der Waals surface area contributed by atoms with Gasteiger partial charge in [-0.25, -0.2) is 13.1 Å². The van der Waals surface area contributed by atoms with Crippen LogP contribution in [0.3, 0.4) is 0 Å². The second kappa shape index (κ2) is 7.09. The number of rotatable bonds is 4. The minimum atomic E-state index is -3.56. The lowest BCUT2D eigenvalue weighted by Gasteiger charge is -2.33. The molecule has 1 heterocycles. The summed E-state index contributed by atoms with van der Waals surface area (Å²) in [5, 5.41) is 10.3. The van der Waals surface area contributed by atoms with E-state index in [0.717, 1.165) is 12.0 Å². The zero-order valence-corrected chi connectivity index (χ0v) is 15.6. The van der Waals surface area contributed by atoms with E-state index in [1.165, 1.54) is 24.3 Å². The van der Waals surface area contributed by atoms with Crippen molar-refractivity contribution in [2.45, 2.75) is 31.1 Å². The van der Waals surface area contributed by atoms with Crippen LogP contribution in [0, 0.1) is 0 Å². The van der Waals surface area contributed by atoms with Crippen LogP contribution in [0.25, 0.3) is 0 Å². The SMILES string of the molecule is CCNS(=O)(=O)c1ccc(C(=O)N2CCC(C)c3cccc(O)c32)cc1. The predicted molar refractivity (Wildman–Crippen MR) is 100 cm³/mol. The van der Waals surface area contributed by atoms with Gasteiger partial charge in [0.1, 0.15) is 5.75 Å². The summed E-state index contributed by atoms with van der Waals surface area (Å²) < 4.78 is 26.5. The minimum absolute atomic E-state index is 0.0775. The molecule has 0 saturated carbocycles. The Morgan fingerprint density at radius 1 is 1.23 bits per heavy atom. The molecule has 0 radical (unpaired) electrons. The second-order valence-corrected chi connectivity index (χ2v) is 8.15. The van der Waals surface area contributed by atoms with Crippen molar-refractivity contribution >= 4 is 21.6 Å². The first kappa shape index (κ1) is 18.4. The third-order valence-electron chi connectivity index (χ3n) is 4.62. The van der Waals surface area contributed by atoms with Crippen LogP contribution < -0.4 is 9.62 Å². The Bertz CT molecular complexity index is 923. The average Bonchev–Trinajstić information content (AvgIpc) is 2.62. The summed E-state index contributed by atoms with van der Waals surface area (Å²) in [6.45, 7) is 4.57. The molecule has 1 aliphatic rings. The smallest absolute Gasteiger partial charge is 0.258 e. The molecular formula is C19H22N2O4S. The quantitative estimate of drug-likeness (QED) is 0.862. The highest BCUT2D eigenvalue weighted by molar-refractivity contribution is 7.89. The summed E-state index contributed by atoms with van der Waals surface area (Å²) in [5.74, 6) is 0.0783. The van der Waals surface area contributed by atoms with Gasteiger partial charge in [0.2, 0.25) is 10.0 Å². The number of benzene rings is 2. The highest BCUT2D eigenvalue weighted by Gasteiger charge is 2.29. The van der Waals surface area contributed by atoms with Crippen LogP contribution in [0.5, 0.6) is 5.75 Å². The van der Waals surface area contributed by atoms with Gasteiger partial charge in [0, 0.05) is 18.7 Å². The van der Waals surface area contributed by atoms with Crippen molar-refractivity contribution in [3.63, 3.8) is 0 Å². The van der Waals surface area contributed by atoms with Crippen LogP contribution in [0.15, 0.2) is 47.4 Å². The maximum atomic E-state index is 13.0. The molecule has 26 heavy (non-hydrogen) atoms. The fraction of sp³-hybridized carbons (Fsp3) is 0.316. The van der Waals surface area contributed by atoms with Gasteiger partial charge in [0.15, 0.2) is 0 Å². The fourth-order valence-electron chi connectivity index (χ4n) is 3.24. The van der Waals surface area contributed by atoms with Crippen molar-refractivity contribution in [3.05, 3.63) is 53.6 Å². The van der Waals surface area contributed by atoms with Crippen molar-refractivity contribution in [1.29, 1.82) is 0 Å². The Labute approximate surface area is 153 Å². The molecule has 0 saturated heterocycles. The number of hydrogen-bond acceptors (Lipinski definition) is 4. The number of nitrogens with one attached hydrogen (secondary N) is 1. The number of sulfonamides is 1. The third-order valence-corrected chi connectivity index (χ3v) is 6.19. The van der Waals surface area contributed by atoms with Gasteiger partial charge >= 0.3 is 0 Å². The topological polar surface area (TPSA) is 86.7 Å². The molecule has 0 aromatic heterocycles. The van der Waals surface area contributed by atoms with Gasteiger partial charge in [-0.05, 0) is 48.2 Å². The van der Waals surface area contributed by atoms with E-state index in [1.54, 1.807) is 24.0 Å². The molecule has 2 aromatic carbocycles. The standard InChI is InChI=1S/C19H22N2O4S/c1-3-20-26(24,25)15-9-7-14(8-10-15)19(23)21-12-11-13(2)16-5-4-6-17(22)18(16)21/h4-10,13,20,22H,3,11-12H2,1-2H3. The first-order chi connectivity index (χ1) is 12.3. The van der Waals surface area contributed by atoms with Gasteiger partial charge in [-0.2, -0.15) is 0 Å². The molecule has 1 atom stereocenters. The van der Waals surface area contributed by atoms with E-state index in [4.69, 9.17) is 0 Å². The van der Waals surface area contributed by atoms with E-state index >= 15 is 0 Å². The summed E-state index contributed by atoms with van der Waals surface area (Å²) in [4.78, 5) is 14.6. The Kier molecular flexibility index (Phi) is 5.02. The van der Waals surface area contributed by atoms with Crippen LogP contribution in [-0.2, 0) is 10.0 Å². The maximum absolute atomic E-state index is 13.0. The summed E-state index contributed by atoms with van der Waals surface area (Å²) in [7, 11) is -3.56. The van der Waals surface area contributed by atoms with Crippen LogP contribution >= 0.6 is 0 Å². The molecule has 2 N–H and O–H groups in total. The second-order valence-electron chi connectivity index (χ2n) is 6.39. The molecule has 138 valence electrons. The molecule has 0 bridgehead atoms. The number of amides is 1. The number of fused-ring (bicyclic) bond motifs is 1. The highest BCUT2D eigenvalue weighted by Crippen LogP contribution is 2.41. The molecule has 0 fully saturated rings. The summed E-state index contributed by atoms with van der Waals surface area (Å²) in [5.41, 5.74) is 1.86. The van der Waals surface area contributed by atoms with E-state index in [0.29, 0.717) is 24.3 Å². The molecule has 3 rings (SSSR count). The first-order valence-electron chi connectivity index (χ1n) is 8.58. The van der Waals surface area contributed by atoms with E-state index < -0.39 is 10.0 Å². The van der Waals surface area contributed by atoms with Gasteiger partial charge in [-0.3, -0.25) is 4.79 Å². The van der Waals surface area contributed by atoms with Crippen molar-refractivity contribution in [2.75, 3.05) is 18.0 Å². The van der Waals surface area contributed by atoms with E-state index in [2.05, 4.69) is 11.6 Å². The summed E-state index contributed by atoms with van der Waals surface area (Å²) >= 11 is 0. The van der Waals surface area contributed by atoms with Gasteiger partial charge in [-0.15, -0.1) is 0 Å². The van der Waals surface area contributed by atoms with E-state index in [1.807, 2.05) is 6.07 Å². The number of carbonyl (C=O) groups is 1. The Morgan fingerprint density at radius 3 is 2.58 bits per heavy atom. The number of phenols is 1. The molecule has 1 amide bonds. The number of aromatic hydroxyl groups is 1. The lowest BCUT2D eigenvalue weighted by molar-refractivity contribution is 0.0983. The van der Waals surface area contributed by atoms with Crippen LogP contribution in [0.4, 0.5) is 5.69 Å². The lowest BCUT2D eigenvalue weighted by atomic mass is 9.90. The molecule has 0 spiro atoms. The molecule has 7 heteroatoms. The number of phenolic OH excluding ortho intramolecular Hbond substituents is 1. The van der Waals surface area contributed by atoms with Gasteiger partial charge < -0.3 is 10.0 Å². The van der Waals surface area contributed by atoms with Gasteiger partial charge in [0.25, 0.3) is 5.91 Å². The maximum Gasteiger partial charge on any atom is 0.258 e. The normalized spacial score (nSPS) is 17.0. The van der Waals surface area contributed by atoms with E-state index in [9.17, 15) is 18.3 Å². The Hall–Kier alpha value is -2.38. The van der Waals surface area contributed by atoms with Gasteiger partial charge in [0.05, 0.1) is 10.6 Å². The first-order valence-corrected chi connectivity index (χ1v) is 10.1. The van der Waals surface area contributed by atoms with E-state index in [-0.39, 0.29) is 22.5 Å². The van der Waals surface area contributed by atoms with Crippen molar-refractivity contribution in [1.82, 2.24) is 4.72 Å². The zero-order valence-electron chi connectivity index (χ0n) is 14.8. The fourth-order valence-corrected chi connectivity index (χ4v) is 4.28. The largest absolute Gasteiger partial charge is 0.506 e. The number of anilines is 1. The van der Waals surface area contributed by atoms with Crippen LogP contribution in [0.1, 0.15) is 42.1 Å². The van der Waals surface area contributed by atoms with Crippen molar-refractivity contribution in [3.8, 4) is 5.75 Å². The molecule has 1 aliphatic heterocycles. The summed E-state index contributed by atoms with van der Waals surface area (Å²) in [6, 6.07) is 11.1. The molecule has 1 unspecified atom stereocenters. The predicted octanol–water partition coefficient (Wildman–Crippen LogP) is 2.84. The molecule has 2 aromatic rings. The number of hydrogen-bond donors (Lipinski definition) is 2. The number of para-hydroxylation sites is 1. The minimum Gasteiger partial charge on any atom is -0.506 e. The van der Waals surface area contributed by atoms with Gasteiger partial charge in [-0.1, -0.05) is 26.0 Å². The average molecular weight is 374 g/mol. The number of nitrogens with zero attached hydrogens (tertiary/aromatic N) is 1. The monoisotopic (exact) mass is 374 g/mol. The Morgan fingerprint density at radius 2 is 1.92 bits per heavy atom. The summed E-state index contributed by atoms with van der Waals surface area (Å²) in [6.07, 6.45) is 0.801. The molecule has 0 aliphatic carbocycles. The van der Waals surface area contributed by atoms with Crippen molar-refractivity contribution < 1.29 is 18.3 Å².